The number of hydrogen-bond donors (Lipinski definition) is 2. The van der Waals surface area contributed by atoms with Crippen LogP contribution in [-0.2, 0) is 11.2 Å². The molecule has 0 radical (unpaired) electrons. The molecule has 2 N–H and O–H groups in total. The third-order valence-electron chi connectivity index (χ3n) is 2.82. The number of H-pyrrole nitrogens is 1. The first-order valence-corrected chi connectivity index (χ1v) is 6.81. The number of rotatable bonds is 3. The number of hydrogen-bond acceptors (Lipinski definition) is 3. The zero-order chi connectivity index (χ0) is 13.2. The fourth-order valence-corrected chi connectivity index (χ4v) is 2.88. The van der Waals surface area contributed by atoms with E-state index in [0.29, 0.717) is 11.6 Å². The van der Waals surface area contributed by atoms with Crippen LogP contribution in [0.5, 0.6) is 0 Å². The van der Waals surface area contributed by atoms with E-state index in [1.807, 2.05) is 37.5 Å². The normalized spacial score (nSPS) is 10.8. The van der Waals surface area contributed by atoms with Crippen molar-refractivity contribution < 1.29 is 4.79 Å². The highest BCUT2D eigenvalue weighted by Gasteiger charge is 2.08. The Morgan fingerprint density at radius 3 is 3.11 bits per heavy atom. The summed E-state index contributed by atoms with van der Waals surface area (Å²) < 4.78 is 1.09. The molecule has 1 amide bonds. The highest BCUT2D eigenvalue weighted by Crippen LogP contribution is 2.26. The fourth-order valence-electron chi connectivity index (χ4n) is 1.90. The van der Waals surface area contributed by atoms with Crippen LogP contribution in [0.3, 0.4) is 0 Å². The van der Waals surface area contributed by atoms with E-state index < -0.39 is 0 Å². The average molecular weight is 271 g/mol. The number of amides is 1. The lowest BCUT2D eigenvalue weighted by molar-refractivity contribution is -0.115. The van der Waals surface area contributed by atoms with Crippen LogP contribution in [0, 0.1) is 6.92 Å². The lowest BCUT2D eigenvalue weighted by Crippen LogP contribution is -2.13. The number of carbonyl (C=O) groups excluding carboxylic acids is 1. The summed E-state index contributed by atoms with van der Waals surface area (Å²) in [7, 11) is 0. The summed E-state index contributed by atoms with van der Waals surface area (Å²) in [5.41, 5.74) is 3.09. The van der Waals surface area contributed by atoms with Crippen molar-refractivity contribution in [2.24, 2.45) is 0 Å². The van der Waals surface area contributed by atoms with Crippen LogP contribution in [0.4, 0.5) is 5.13 Å². The number of aryl methyl sites for hydroxylation is 1. The molecule has 19 heavy (non-hydrogen) atoms. The Morgan fingerprint density at radius 1 is 1.42 bits per heavy atom. The number of aromatic amines is 1. The topological polar surface area (TPSA) is 57.8 Å². The van der Waals surface area contributed by atoms with Gasteiger partial charge in [0.05, 0.1) is 16.6 Å². The maximum Gasteiger partial charge on any atom is 0.230 e. The lowest BCUT2D eigenvalue weighted by atomic mass is 10.2. The van der Waals surface area contributed by atoms with E-state index >= 15 is 0 Å². The molecule has 0 aliphatic heterocycles. The Bertz CT molecular complexity index is 715. The predicted molar refractivity (Wildman–Crippen MR) is 77.5 cm³/mol. The van der Waals surface area contributed by atoms with Crippen LogP contribution in [-0.4, -0.2) is 15.9 Å². The van der Waals surface area contributed by atoms with Crippen molar-refractivity contribution in [3.8, 4) is 0 Å². The number of nitrogens with one attached hydrogen (secondary N) is 2. The van der Waals surface area contributed by atoms with Gasteiger partial charge in [0.2, 0.25) is 5.91 Å². The second-order valence-electron chi connectivity index (χ2n) is 4.43. The molecule has 2 aromatic heterocycles. The summed E-state index contributed by atoms with van der Waals surface area (Å²) in [5.74, 6) is -0.0459. The highest BCUT2D eigenvalue weighted by atomic mass is 32.1. The van der Waals surface area contributed by atoms with E-state index in [2.05, 4.69) is 21.4 Å². The number of benzene rings is 1. The molecular weight excluding hydrogens is 258 g/mol. The van der Waals surface area contributed by atoms with Gasteiger partial charge < -0.3 is 10.3 Å². The molecule has 0 saturated heterocycles. The van der Waals surface area contributed by atoms with Gasteiger partial charge in [0, 0.05) is 12.4 Å². The molecule has 0 aliphatic rings. The monoisotopic (exact) mass is 271 g/mol. The molecule has 1 aromatic carbocycles. The number of carbonyl (C=O) groups is 1. The lowest BCUT2D eigenvalue weighted by Gasteiger charge is -1.98. The number of nitrogens with zero attached hydrogens (tertiary/aromatic N) is 1. The minimum Gasteiger partial charge on any atom is -0.367 e. The van der Waals surface area contributed by atoms with Gasteiger partial charge in [0.1, 0.15) is 0 Å². The summed E-state index contributed by atoms with van der Waals surface area (Å²) in [6.45, 7) is 2.04. The van der Waals surface area contributed by atoms with E-state index in [1.54, 1.807) is 0 Å². The van der Waals surface area contributed by atoms with E-state index in [4.69, 9.17) is 0 Å². The van der Waals surface area contributed by atoms with E-state index in [-0.39, 0.29) is 5.91 Å². The minimum atomic E-state index is -0.0459. The van der Waals surface area contributed by atoms with Crippen LogP contribution >= 0.6 is 11.3 Å². The van der Waals surface area contributed by atoms with Crippen molar-refractivity contribution in [2.45, 2.75) is 13.3 Å². The Labute approximate surface area is 114 Å². The third-order valence-corrected chi connectivity index (χ3v) is 3.75. The van der Waals surface area contributed by atoms with E-state index in [1.165, 1.54) is 16.9 Å². The average Bonchev–Trinajstić information content (AvgIpc) is 2.97. The first kappa shape index (κ1) is 11.9. The Hall–Kier alpha value is -2.14. The van der Waals surface area contributed by atoms with Gasteiger partial charge in [0.15, 0.2) is 5.13 Å². The van der Waals surface area contributed by atoms with Crippen LogP contribution in [0.15, 0.2) is 36.7 Å². The van der Waals surface area contributed by atoms with Crippen LogP contribution in [0.2, 0.25) is 0 Å². The second-order valence-corrected chi connectivity index (χ2v) is 5.47. The van der Waals surface area contributed by atoms with Crippen molar-refractivity contribution in [3.63, 3.8) is 0 Å². The van der Waals surface area contributed by atoms with Crippen molar-refractivity contribution in [2.75, 3.05) is 5.32 Å². The minimum absolute atomic E-state index is 0.0459. The third kappa shape index (κ3) is 2.66. The standard InChI is InChI=1S/C14H13N3OS/c1-9-2-3-11-12(6-9)19-14(16-11)17-13(18)7-10-4-5-15-8-10/h2-6,8,15H,7H2,1H3,(H,16,17,18). The first-order valence-electron chi connectivity index (χ1n) is 5.99. The van der Waals surface area contributed by atoms with Crippen LogP contribution in [0.1, 0.15) is 11.1 Å². The van der Waals surface area contributed by atoms with E-state index in [9.17, 15) is 4.79 Å². The molecule has 4 nitrogen and oxygen atoms in total. The largest absolute Gasteiger partial charge is 0.367 e. The molecule has 2 heterocycles. The van der Waals surface area contributed by atoms with Crippen LogP contribution in [0.25, 0.3) is 10.2 Å². The number of anilines is 1. The summed E-state index contributed by atoms with van der Waals surface area (Å²) in [6.07, 6.45) is 3.99. The van der Waals surface area contributed by atoms with Crippen molar-refractivity contribution in [1.29, 1.82) is 0 Å². The molecule has 96 valence electrons. The molecule has 0 spiro atoms. The zero-order valence-corrected chi connectivity index (χ0v) is 11.3. The molecule has 5 heteroatoms. The predicted octanol–water partition coefficient (Wildman–Crippen LogP) is 3.11. The smallest absolute Gasteiger partial charge is 0.230 e. The van der Waals surface area contributed by atoms with Gasteiger partial charge in [-0.3, -0.25) is 4.79 Å². The summed E-state index contributed by atoms with van der Waals surface area (Å²) in [5, 5.41) is 3.50. The molecule has 0 bridgehead atoms. The quantitative estimate of drug-likeness (QED) is 0.769. The molecule has 0 aliphatic carbocycles. The summed E-state index contributed by atoms with van der Waals surface area (Å²) >= 11 is 1.50. The zero-order valence-electron chi connectivity index (χ0n) is 10.4. The van der Waals surface area contributed by atoms with Crippen molar-refractivity contribution >= 4 is 32.6 Å². The number of aromatic nitrogens is 2. The number of fused-ring (bicyclic) bond motifs is 1. The first-order chi connectivity index (χ1) is 9.20. The molecule has 3 aromatic rings. The summed E-state index contributed by atoms with van der Waals surface area (Å²) in [4.78, 5) is 19.2. The van der Waals surface area contributed by atoms with Gasteiger partial charge in [-0.05, 0) is 36.2 Å². The van der Waals surface area contributed by atoms with Crippen molar-refractivity contribution in [1.82, 2.24) is 9.97 Å². The fraction of sp³-hybridized carbons (Fsp3) is 0.143. The molecule has 3 rings (SSSR count). The highest BCUT2D eigenvalue weighted by molar-refractivity contribution is 7.22. The van der Waals surface area contributed by atoms with Gasteiger partial charge in [-0.25, -0.2) is 4.98 Å². The summed E-state index contributed by atoms with van der Waals surface area (Å²) in [6, 6.07) is 7.96. The molecule has 0 atom stereocenters. The van der Waals surface area contributed by atoms with Gasteiger partial charge in [0.25, 0.3) is 0 Å². The molecule has 0 unspecified atom stereocenters. The van der Waals surface area contributed by atoms with Gasteiger partial charge >= 0.3 is 0 Å². The van der Waals surface area contributed by atoms with Crippen LogP contribution < -0.4 is 5.32 Å². The maximum atomic E-state index is 11.9. The second kappa shape index (κ2) is 4.85. The van der Waals surface area contributed by atoms with Gasteiger partial charge in [-0.1, -0.05) is 17.4 Å². The maximum absolute atomic E-state index is 11.9. The Balaban J connectivity index is 1.76. The Kier molecular flexibility index (Phi) is 3.05. The van der Waals surface area contributed by atoms with E-state index in [0.717, 1.165) is 15.8 Å². The van der Waals surface area contributed by atoms with Gasteiger partial charge in [-0.2, -0.15) is 0 Å². The Morgan fingerprint density at radius 2 is 2.32 bits per heavy atom. The number of thiazole rings is 1. The molecular formula is C14H13N3OS. The molecule has 0 fully saturated rings. The van der Waals surface area contributed by atoms with Crippen molar-refractivity contribution in [3.05, 3.63) is 47.8 Å². The molecule has 0 saturated carbocycles. The van der Waals surface area contributed by atoms with Gasteiger partial charge in [-0.15, -0.1) is 0 Å². The SMILES string of the molecule is Cc1ccc2nc(NC(=O)Cc3cc[nH]c3)sc2c1.